The van der Waals surface area contributed by atoms with Crippen LogP contribution in [0.2, 0.25) is 0 Å². The topological polar surface area (TPSA) is 68.9 Å². The van der Waals surface area contributed by atoms with Crippen molar-refractivity contribution in [2.45, 2.75) is 26.7 Å². The van der Waals surface area contributed by atoms with Gasteiger partial charge in [-0.2, -0.15) is 0 Å². The van der Waals surface area contributed by atoms with Crippen LogP contribution >= 0.6 is 0 Å². The molecule has 5 heteroatoms. The number of esters is 1. The molecular formula is C23H25NO4. The number of aliphatic imine (C=N–C) groups is 1. The van der Waals surface area contributed by atoms with E-state index in [0.29, 0.717) is 22.8 Å². The van der Waals surface area contributed by atoms with Crippen LogP contribution in [-0.4, -0.2) is 19.3 Å². The second-order valence-electron chi connectivity index (χ2n) is 6.35. The molecule has 3 aromatic rings. The number of ether oxygens (including phenoxy) is 1. The quantitative estimate of drug-likeness (QED) is 0.338. The highest BCUT2D eigenvalue weighted by atomic mass is 16.5. The molecular weight excluding hydrogens is 354 g/mol. The number of methoxy groups -OCH3 is 1. The van der Waals surface area contributed by atoms with Gasteiger partial charge in [-0.05, 0) is 36.6 Å². The summed E-state index contributed by atoms with van der Waals surface area (Å²) < 4.78 is 9.62. The number of carbonyl (C=O) groups excluding carboxylic acids is 1. The number of benzene rings is 2. The lowest BCUT2D eigenvalue weighted by molar-refractivity contribution is 0.0601. The van der Waals surface area contributed by atoms with E-state index in [4.69, 9.17) is 9.15 Å². The molecule has 3 rings (SSSR count). The van der Waals surface area contributed by atoms with Crippen LogP contribution in [0.25, 0.3) is 11.0 Å². The van der Waals surface area contributed by atoms with Crippen molar-refractivity contribution in [3.05, 3.63) is 76.6 Å². The summed E-state index contributed by atoms with van der Waals surface area (Å²) in [7, 11) is 1.38. The molecule has 1 atom stereocenters. The monoisotopic (exact) mass is 379 g/mol. The molecule has 0 aliphatic heterocycles. The summed E-state index contributed by atoms with van der Waals surface area (Å²) in [5.41, 5.74) is 1.51. The van der Waals surface area contributed by atoms with Gasteiger partial charge in [-0.1, -0.05) is 50.6 Å². The first-order valence-corrected chi connectivity index (χ1v) is 9.25. The average Bonchev–Trinajstić information content (AvgIpc) is 2.72. The molecule has 1 heterocycles. The van der Waals surface area contributed by atoms with Gasteiger partial charge in [0, 0.05) is 17.7 Å². The summed E-state index contributed by atoms with van der Waals surface area (Å²) in [6.07, 6.45) is 4.13. The fourth-order valence-electron chi connectivity index (χ4n) is 2.62. The molecule has 0 fully saturated rings. The van der Waals surface area contributed by atoms with Crippen LogP contribution in [0.3, 0.4) is 0 Å². The van der Waals surface area contributed by atoms with Crippen LogP contribution in [0.5, 0.6) is 0 Å². The van der Waals surface area contributed by atoms with Crippen molar-refractivity contribution in [3.63, 3.8) is 0 Å². The molecule has 1 unspecified atom stereocenters. The predicted molar refractivity (Wildman–Crippen MR) is 112 cm³/mol. The third-order valence-corrected chi connectivity index (χ3v) is 4.05. The minimum Gasteiger partial charge on any atom is -0.465 e. The van der Waals surface area contributed by atoms with E-state index in [9.17, 15) is 9.59 Å². The van der Waals surface area contributed by atoms with E-state index in [1.165, 1.54) is 13.2 Å². The smallest absolute Gasteiger partial charge is 0.340 e. The summed E-state index contributed by atoms with van der Waals surface area (Å²) in [6, 6.07) is 17.8. The van der Waals surface area contributed by atoms with Crippen molar-refractivity contribution in [2.75, 3.05) is 7.11 Å². The molecule has 0 spiro atoms. The largest absolute Gasteiger partial charge is 0.465 e. The van der Waals surface area contributed by atoms with Gasteiger partial charge in [-0.3, -0.25) is 4.99 Å². The van der Waals surface area contributed by atoms with Gasteiger partial charge >= 0.3 is 11.6 Å². The van der Waals surface area contributed by atoms with E-state index in [-0.39, 0.29) is 11.6 Å². The number of hydrogen-bond donors (Lipinski definition) is 0. The van der Waals surface area contributed by atoms with Crippen LogP contribution in [0.1, 0.15) is 37.0 Å². The SMILES string of the molecule is CCCC(C)C=Nc1ccccc1C(=O)OC.O=c1ccc2ccccc2o1. The molecule has 0 saturated heterocycles. The highest BCUT2D eigenvalue weighted by Crippen LogP contribution is 2.19. The number of rotatable bonds is 5. The van der Waals surface area contributed by atoms with Gasteiger partial charge in [0.25, 0.3) is 0 Å². The van der Waals surface area contributed by atoms with Gasteiger partial charge in [-0.25, -0.2) is 9.59 Å². The molecule has 5 nitrogen and oxygen atoms in total. The minimum atomic E-state index is -0.346. The molecule has 0 N–H and O–H groups in total. The normalized spacial score (nSPS) is 11.7. The van der Waals surface area contributed by atoms with Crippen molar-refractivity contribution in [3.8, 4) is 0 Å². The minimum absolute atomic E-state index is 0.302. The summed E-state index contributed by atoms with van der Waals surface area (Å²) in [6.45, 7) is 4.26. The molecule has 28 heavy (non-hydrogen) atoms. The van der Waals surface area contributed by atoms with Crippen molar-refractivity contribution in [1.82, 2.24) is 0 Å². The van der Waals surface area contributed by atoms with Crippen molar-refractivity contribution in [1.29, 1.82) is 0 Å². The summed E-state index contributed by atoms with van der Waals surface area (Å²) in [5.74, 6) is 0.0756. The molecule has 0 bridgehead atoms. The van der Waals surface area contributed by atoms with Crippen molar-refractivity contribution >= 4 is 28.8 Å². The van der Waals surface area contributed by atoms with Gasteiger partial charge in [0.1, 0.15) is 5.58 Å². The lowest BCUT2D eigenvalue weighted by Gasteiger charge is -2.05. The van der Waals surface area contributed by atoms with Crippen LogP contribution in [-0.2, 0) is 4.74 Å². The van der Waals surface area contributed by atoms with Gasteiger partial charge in [0.05, 0.1) is 18.4 Å². The number of nitrogens with zero attached hydrogens (tertiary/aromatic N) is 1. The number of fused-ring (bicyclic) bond motifs is 1. The first kappa shape index (κ1) is 21.1. The Bertz CT molecular complexity index is 991. The zero-order chi connectivity index (χ0) is 20.4. The van der Waals surface area contributed by atoms with Gasteiger partial charge in [-0.15, -0.1) is 0 Å². The van der Waals surface area contributed by atoms with Crippen molar-refractivity contribution < 1.29 is 13.9 Å². The van der Waals surface area contributed by atoms with E-state index in [2.05, 4.69) is 18.8 Å². The van der Waals surface area contributed by atoms with Gasteiger partial charge in [0.2, 0.25) is 0 Å². The van der Waals surface area contributed by atoms with Crippen LogP contribution in [0, 0.1) is 5.92 Å². The number of hydrogen-bond acceptors (Lipinski definition) is 5. The Morgan fingerprint density at radius 1 is 1.11 bits per heavy atom. The summed E-state index contributed by atoms with van der Waals surface area (Å²) in [5, 5.41) is 0.951. The Morgan fingerprint density at radius 2 is 1.82 bits per heavy atom. The highest BCUT2D eigenvalue weighted by Gasteiger charge is 2.09. The summed E-state index contributed by atoms with van der Waals surface area (Å²) in [4.78, 5) is 26.6. The first-order valence-electron chi connectivity index (χ1n) is 9.25. The average molecular weight is 379 g/mol. The van der Waals surface area contributed by atoms with E-state index in [0.717, 1.165) is 18.2 Å². The Hall–Kier alpha value is -3.21. The van der Waals surface area contributed by atoms with E-state index < -0.39 is 0 Å². The fourth-order valence-corrected chi connectivity index (χ4v) is 2.62. The Morgan fingerprint density at radius 3 is 2.57 bits per heavy atom. The third kappa shape index (κ3) is 6.20. The van der Waals surface area contributed by atoms with Crippen LogP contribution in [0.15, 0.2) is 74.9 Å². The van der Waals surface area contributed by atoms with Gasteiger partial charge in [0.15, 0.2) is 0 Å². The highest BCUT2D eigenvalue weighted by molar-refractivity contribution is 5.95. The second-order valence-corrected chi connectivity index (χ2v) is 6.35. The Kier molecular flexibility index (Phi) is 8.15. The van der Waals surface area contributed by atoms with E-state index in [1.54, 1.807) is 24.3 Å². The summed E-state index contributed by atoms with van der Waals surface area (Å²) >= 11 is 0. The first-order chi connectivity index (χ1) is 13.5. The maximum absolute atomic E-state index is 11.5. The molecule has 0 aliphatic rings. The third-order valence-electron chi connectivity index (χ3n) is 4.05. The molecule has 0 radical (unpaired) electrons. The number of carbonyl (C=O) groups is 1. The molecule has 0 aliphatic carbocycles. The Balaban J connectivity index is 0.000000218. The predicted octanol–water partition coefficient (Wildman–Crippen LogP) is 5.40. The standard InChI is InChI=1S/C14H19NO2.C9H6O2/c1-4-7-11(2)10-15-13-9-6-5-8-12(13)14(16)17-3;10-9-6-5-7-3-1-2-4-8(7)11-9/h5-6,8-11H,4,7H2,1-3H3;1-6H. The zero-order valence-electron chi connectivity index (χ0n) is 16.4. The lowest BCUT2D eigenvalue weighted by Crippen LogP contribution is -2.01. The molecule has 1 aromatic heterocycles. The lowest BCUT2D eigenvalue weighted by atomic mass is 10.1. The molecule has 2 aromatic carbocycles. The fraction of sp³-hybridized carbons (Fsp3) is 0.261. The molecule has 146 valence electrons. The van der Waals surface area contributed by atoms with E-state index >= 15 is 0 Å². The maximum atomic E-state index is 11.5. The van der Waals surface area contributed by atoms with Crippen molar-refractivity contribution in [2.24, 2.45) is 10.9 Å². The van der Waals surface area contributed by atoms with E-state index in [1.807, 2.05) is 36.5 Å². The van der Waals surface area contributed by atoms with Crippen LogP contribution < -0.4 is 5.63 Å². The second kappa shape index (κ2) is 10.8. The van der Waals surface area contributed by atoms with Gasteiger partial charge < -0.3 is 9.15 Å². The van der Waals surface area contributed by atoms with Crippen LogP contribution in [0.4, 0.5) is 5.69 Å². The number of para-hydroxylation sites is 2. The zero-order valence-corrected chi connectivity index (χ0v) is 16.4. The molecule has 0 amide bonds. The Labute approximate surface area is 164 Å². The molecule has 0 saturated carbocycles. The maximum Gasteiger partial charge on any atom is 0.340 e.